The minimum Gasteiger partial charge on any atom is -0.507 e. The number of benzene rings is 2. The summed E-state index contributed by atoms with van der Waals surface area (Å²) in [5, 5.41) is 17.7. The van der Waals surface area contributed by atoms with Gasteiger partial charge in [0.05, 0.1) is 13.2 Å². The Kier molecular flexibility index (Phi) is 9.00. The Morgan fingerprint density at radius 1 is 1.05 bits per heavy atom. The lowest BCUT2D eigenvalue weighted by Gasteiger charge is -2.28. The molecule has 7 heteroatoms. The van der Waals surface area contributed by atoms with Gasteiger partial charge in [0.15, 0.2) is 0 Å². The van der Waals surface area contributed by atoms with Crippen LogP contribution >= 0.6 is 11.3 Å². The average Bonchev–Trinajstić information content (AvgIpc) is 3.46. The number of morpholine rings is 1. The highest BCUT2D eigenvalue weighted by atomic mass is 32.1. The van der Waals surface area contributed by atoms with Crippen LogP contribution in [0.3, 0.4) is 0 Å². The van der Waals surface area contributed by atoms with E-state index in [-0.39, 0.29) is 23.0 Å². The molecule has 2 N–H and O–H groups in total. The summed E-state index contributed by atoms with van der Waals surface area (Å²) in [5.74, 6) is 0.335. The smallest absolute Gasteiger partial charge is 0.252 e. The van der Waals surface area contributed by atoms with E-state index in [2.05, 4.69) is 25.2 Å². The first-order chi connectivity index (χ1) is 17.8. The first kappa shape index (κ1) is 26.9. The molecule has 2 heterocycles. The molecule has 0 aliphatic carbocycles. The second kappa shape index (κ2) is 12.4. The number of phenols is 1. The molecule has 0 unspecified atom stereocenters. The van der Waals surface area contributed by atoms with Gasteiger partial charge in [-0.05, 0) is 52.5 Å². The molecule has 0 atom stereocenters. The lowest BCUT2D eigenvalue weighted by molar-refractivity contribution is -0.135. The van der Waals surface area contributed by atoms with Crippen LogP contribution in [0.2, 0.25) is 0 Å². The number of thiophene rings is 1. The number of nitrogens with one attached hydrogen (secondary N) is 1. The zero-order chi connectivity index (χ0) is 26.3. The van der Waals surface area contributed by atoms with Crippen LogP contribution < -0.4 is 5.32 Å². The number of phenolic OH excluding ortho intramolecular Hbond substituents is 1. The monoisotopic (exact) mass is 520 g/mol. The van der Waals surface area contributed by atoms with E-state index < -0.39 is 0 Å². The van der Waals surface area contributed by atoms with E-state index >= 15 is 0 Å². The summed E-state index contributed by atoms with van der Waals surface area (Å²) in [4.78, 5) is 26.7. The van der Waals surface area contributed by atoms with Crippen molar-refractivity contribution in [3.8, 4) is 16.9 Å². The number of hydrogen-bond acceptors (Lipinski definition) is 5. The Balaban J connectivity index is 1.37. The standard InChI is InChI=1S/C30H36N2O4S/c1-30(2,13-6-5-9-28(34)32-14-16-36-17-15-32)24-10-11-26(27(33)19-24)25-8-4-3-7-22(25)20-31-29(35)23-12-18-37-21-23/h3-4,7-8,10-12,18-19,21,33H,5-6,9,13-17,20H2,1-2H3,(H,31,35). The van der Waals surface area contributed by atoms with Gasteiger partial charge in [-0.1, -0.05) is 56.7 Å². The fourth-order valence-corrected chi connectivity index (χ4v) is 5.38. The number of carbonyl (C=O) groups is 2. The van der Waals surface area contributed by atoms with Gasteiger partial charge in [0.2, 0.25) is 5.91 Å². The van der Waals surface area contributed by atoms with Crippen molar-refractivity contribution in [2.75, 3.05) is 26.3 Å². The number of carbonyl (C=O) groups excluding carboxylic acids is 2. The number of amides is 2. The van der Waals surface area contributed by atoms with Gasteiger partial charge in [0.25, 0.3) is 5.91 Å². The molecule has 6 nitrogen and oxygen atoms in total. The molecular weight excluding hydrogens is 484 g/mol. The molecule has 2 aromatic carbocycles. The summed E-state index contributed by atoms with van der Waals surface area (Å²) in [5.41, 5.74) is 4.18. The molecule has 0 saturated carbocycles. The van der Waals surface area contributed by atoms with Gasteiger partial charge in [0, 0.05) is 42.6 Å². The van der Waals surface area contributed by atoms with Crippen LogP contribution in [0.4, 0.5) is 0 Å². The Morgan fingerprint density at radius 3 is 2.57 bits per heavy atom. The fraction of sp³-hybridized carbons (Fsp3) is 0.400. The van der Waals surface area contributed by atoms with Crippen LogP contribution in [-0.2, 0) is 21.5 Å². The number of ether oxygens (including phenoxy) is 1. The molecule has 1 aliphatic heterocycles. The fourth-order valence-electron chi connectivity index (χ4n) is 4.75. The quantitative estimate of drug-likeness (QED) is 0.334. The molecule has 0 bridgehead atoms. The van der Waals surface area contributed by atoms with Gasteiger partial charge < -0.3 is 20.1 Å². The average molecular weight is 521 g/mol. The summed E-state index contributed by atoms with van der Waals surface area (Å²) >= 11 is 1.49. The van der Waals surface area contributed by atoms with Gasteiger partial charge >= 0.3 is 0 Å². The van der Waals surface area contributed by atoms with Crippen LogP contribution in [0.15, 0.2) is 59.3 Å². The van der Waals surface area contributed by atoms with Crippen molar-refractivity contribution in [3.05, 3.63) is 76.0 Å². The van der Waals surface area contributed by atoms with Gasteiger partial charge in [-0.15, -0.1) is 0 Å². The number of unbranched alkanes of at least 4 members (excludes halogenated alkanes) is 1. The van der Waals surface area contributed by atoms with E-state index in [0.29, 0.717) is 44.8 Å². The maximum absolute atomic E-state index is 12.4. The minimum absolute atomic E-state index is 0.107. The van der Waals surface area contributed by atoms with Crippen molar-refractivity contribution in [2.45, 2.75) is 51.5 Å². The third-order valence-electron chi connectivity index (χ3n) is 7.12. The van der Waals surface area contributed by atoms with Crippen molar-refractivity contribution < 1.29 is 19.4 Å². The summed E-state index contributed by atoms with van der Waals surface area (Å²) in [6.45, 7) is 7.39. The molecule has 0 spiro atoms. The lowest BCUT2D eigenvalue weighted by atomic mass is 9.79. The molecular formula is C30H36N2O4S. The number of aromatic hydroxyl groups is 1. The first-order valence-electron chi connectivity index (χ1n) is 12.9. The molecule has 37 heavy (non-hydrogen) atoms. The van der Waals surface area contributed by atoms with E-state index in [1.165, 1.54) is 11.3 Å². The maximum atomic E-state index is 12.4. The van der Waals surface area contributed by atoms with E-state index in [9.17, 15) is 14.7 Å². The summed E-state index contributed by atoms with van der Waals surface area (Å²) < 4.78 is 5.33. The topological polar surface area (TPSA) is 78.9 Å². The van der Waals surface area contributed by atoms with Crippen LogP contribution in [0, 0.1) is 0 Å². The molecule has 196 valence electrons. The second-order valence-electron chi connectivity index (χ2n) is 10.2. The van der Waals surface area contributed by atoms with Crippen molar-refractivity contribution in [1.29, 1.82) is 0 Å². The number of hydrogen-bond donors (Lipinski definition) is 2. The molecule has 4 rings (SSSR count). The predicted octanol–water partition coefficient (Wildman–Crippen LogP) is 5.75. The highest BCUT2D eigenvalue weighted by Crippen LogP contribution is 2.37. The van der Waals surface area contributed by atoms with Gasteiger partial charge in [-0.25, -0.2) is 0 Å². The molecule has 1 aromatic heterocycles. The number of rotatable bonds is 10. The van der Waals surface area contributed by atoms with E-state index in [4.69, 9.17) is 4.74 Å². The van der Waals surface area contributed by atoms with Crippen LogP contribution in [0.5, 0.6) is 5.75 Å². The largest absolute Gasteiger partial charge is 0.507 e. The third-order valence-corrected chi connectivity index (χ3v) is 7.80. The minimum atomic E-state index is -0.133. The van der Waals surface area contributed by atoms with Crippen molar-refractivity contribution in [2.24, 2.45) is 0 Å². The van der Waals surface area contributed by atoms with E-state index in [1.807, 2.05) is 52.1 Å². The first-order valence-corrected chi connectivity index (χ1v) is 13.9. The number of nitrogens with zero attached hydrogens (tertiary/aromatic N) is 1. The molecule has 2 amide bonds. The van der Waals surface area contributed by atoms with Crippen molar-refractivity contribution in [3.63, 3.8) is 0 Å². The van der Waals surface area contributed by atoms with E-state index in [0.717, 1.165) is 41.5 Å². The molecule has 1 fully saturated rings. The Morgan fingerprint density at radius 2 is 1.84 bits per heavy atom. The maximum Gasteiger partial charge on any atom is 0.252 e. The summed E-state index contributed by atoms with van der Waals surface area (Å²) in [6.07, 6.45) is 3.29. The normalized spacial score (nSPS) is 13.9. The lowest BCUT2D eigenvalue weighted by Crippen LogP contribution is -2.40. The summed E-state index contributed by atoms with van der Waals surface area (Å²) in [6, 6.07) is 15.5. The van der Waals surface area contributed by atoms with Crippen LogP contribution in [0.25, 0.3) is 11.1 Å². The van der Waals surface area contributed by atoms with Crippen molar-refractivity contribution in [1.82, 2.24) is 10.2 Å². The van der Waals surface area contributed by atoms with Gasteiger partial charge in [0.1, 0.15) is 5.75 Å². The summed E-state index contributed by atoms with van der Waals surface area (Å²) in [7, 11) is 0. The second-order valence-corrected chi connectivity index (χ2v) is 10.9. The van der Waals surface area contributed by atoms with Gasteiger partial charge in [-0.3, -0.25) is 9.59 Å². The van der Waals surface area contributed by atoms with Gasteiger partial charge in [-0.2, -0.15) is 11.3 Å². The Hall–Kier alpha value is -3.16. The zero-order valence-electron chi connectivity index (χ0n) is 21.7. The molecule has 1 saturated heterocycles. The van der Waals surface area contributed by atoms with E-state index in [1.54, 1.807) is 6.07 Å². The Labute approximate surface area is 223 Å². The Bertz CT molecular complexity index is 1200. The molecule has 1 aliphatic rings. The predicted molar refractivity (Wildman–Crippen MR) is 148 cm³/mol. The molecule has 3 aromatic rings. The van der Waals surface area contributed by atoms with Crippen LogP contribution in [0.1, 0.15) is 61.0 Å². The van der Waals surface area contributed by atoms with Crippen LogP contribution in [-0.4, -0.2) is 48.1 Å². The highest BCUT2D eigenvalue weighted by molar-refractivity contribution is 7.08. The zero-order valence-corrected chi connectivity index (χ0v) is 22.5. The SMILES string of the molecule is CC(C)(CCCCC(=O)N1CCOCC1)c1ccc(-c2ccccc2CNC(=O)c2ccsc2)c(O)c1. The molecule has 0 radical (unpaired) electrons. The third kappa shape index (κ3) is 6.99. The highest BCUT2D eigenvalue weighted by Gasteiger charge is 2.23. The van der Waals surface area contributed by atoms with Crippen molar-refractivity contribution >= 4 is 23.2 Å².